The molecular weight excluding hydrogens is 314 g/mol. The number of hydrogen-bond donors (Lipinski definition) is 0. The van der Waals surface area contributed by atoms with Gasteiger partial charge >= 0.3 is 0 Å². The van der Waals surface area contributed by atoms with Crippen LogP contribution in [-0.2, 0) is 6.54 Å². The van der Waals surface area contributed by atoms with Gasteiger partial charge in [0, 0.05) is 5.69 Å². The van der Waals surface area contributed by atoms with Crippen LogP contribution in [0.4, 0.5) is 0 Å². The van der Waals surface area contributed by atoms with E-state index in [1.165, 1.54) is 4.68 Å². The third-order valence-electron chi connectivity index (χ3n) is 4.27. The number of nitriles is 1. The Morgan fingerprint density at radius 3 is 2.32 bits per heavy atom. The van der Waals surface area contributed by atoms with Gasteiger partial charge < -0.3 is 0 Å². The van der Waals surface area contributed by atoms with E-state index in [1.54, 1.807) is 13.8 Å². The molecule has 0 bridgehead atoms. The summed E-state index contributed by atoms with van der Waals surface area (Å²) < 4.78 is 3.23. The van der Waals surface area contributed by atoms with Crippen LogP contribution >= 0.6 is 0 Å². The number of hydrogen-bond acceptors (Lipinski definition) is 4. The van der Waals surface area contributed by atoms with Gasteiger partial charge in [-0.15, -0.1) is 0 Å². The van der Waals surface area contributed by atoms with Gasteiger partial charge in [-0.2, -0.15) is 15.5 Å². The van der Waals surface area contributed by atoms with Crippen molar-refractivity contribution in [3.8, 4) is 11.8 Å². The lowest BCUT2D eigenvalue weighted by molar-refractivity contribution is 0.622. The predicted octanol–water partition coefficient (Wildman–Crippen LogP) is 2.58. The third kappa shape index (κ3) is 3.09. The zero-order valence-corrected chi connectivity index (χ0v) is 14.7. The molecule has 6 heteroatoms. The summed E-state index contributed by atoms with van der Waals surface area (Å²) in [6.45, 7) is 7.85. The fourth-order valence-corrected chi connectivity index (χ4v) is 2.82. The summed E-state index contributed by atoms with van der Waals surface area (Å²) in [6, 6.07) is 11.8. The molecule has 0 fully saturated rings. The topological polar surface area (TPSA) is 76.5 Å². The largest absolute Gasteiger partial charge is 0.285 e. The molecule has 1 aromatic carbocycles. The fraction of sp³-hybridized carbons (Fsp3) is 0.263. The number of rotatable bonds is 3. The van der Waals surface area contributed by atoms with Crippen molar-refractivity contribution in [1.82, 2.24) is 19.6 Å². The molecule has 0 aliphatic heterocycles. The van der Waals surface area contributed by atoms with Crippen molar-refractivity contribution < 1.29 is 0 Å². The molecule has 0 amide bonds. The van der Waals surface area contributed by atoms with Crippen LogP contribution in [-0.4, -0.2) is 19.6 Å². The van der Waals surface area contributed by atoms with Crippen molar-refractivity contribution in [2.75, 3.05) is 0 Å². The van der Waals surface area contributed by atoms with E-state index in [9.17, 15) is 10.1 Å². The predicted molar refractivity (Wildman–Crippen MR) is 94.8 cm³/mol. The Hall–Kier alpha value is -3.20. The second-order valence-electron chi connectivity index (χ2n) is 6.17. The molecule has 0 saturated carbocycles. The van der Waals surface area contributed by atoms with E-state index >= 15 is 0 Å². The SMILES string of the molecule is Cc1cc(C)n(-c2ccc(Cn3nc(C)c(C)c(C#N)c3=O)cc2)n1. The lowest BCUT2D eigenvalue weighted by Crippen LogP contribution is -2.28. The number of nitrogens with zero attached hydrogens (tertiary/aromatic N) is 5. The van der Waals surface area contributed by atoms with Crippen molar-refractivity contribution in [1.29, 1.82) is 5.26 Å². The van der Waals surface area contributed by atoms with Gasteiger partial charge in [0.1, 0.15) is 11.6 Å². The van der Waals surface area contributed by atoms with Crippen LogP contribution in [0, 0.1) is 39.0 Å². The van der Waals surface area contributed by atoms with Crippen LogP contribution in [0.1, 0.15) is 33.8 Å². The van der Waals surface area contributed by atoms with Gasteiger partial charge in [0.2, 0.25) is 0 Å². The molecule has 0 spiro atoms. The van der Waals surface area contributed by atoms with Gasteiger partial charge in [-0.05, 0) is 57.0 Å². The minimum absolute atomic E-state index is 0.159. The molecule has 0 aliphatic rings. The summed E-state index contributed by atoms with van der Waals surface area (Å²) in [7, 11) is 0. The second-order valence-corrected chi connectivity index (χ2v) is 6.17. The molecule has 6 nitrogen and oxygen atoms in total. The average Bonchev–Trinajstić information content (AvgIpc) is 2.92. The van der Waals surface area contributed by atoms with Crippen molar-refractivity contribution in [2.24, 2.45) is 0 Å². The summed E-state index contributed by atoms with van der Waals surface area (Å²) in [5.74, 6) is 0. The van der Waals surface area contributed by atoms with E-state index in [0.717, 1.165) is 22.6 Å². The summed E-state index contributed by atoms with van der Waals surface area (Å²) >= 11 is 0. The highest BCUT2D eigenvalue weighted by molar-refractivity contribution is 5.38. The van der Waals surface area contributed by atoms with Crippen LogP contribution in [0.5, 0.6) is 0 Å². The molecule has 0 aliphatic carbocycles. The van der Waals surface area contributed by atoms with Crippen molar-refractivity contribution in [2.45, 2.75) is 34.2 Å². The summed E-state index contributed by atoms with van der Waals surface area (Å²) in [5.41, 5.74) is 5.07. The molecule has 3 rings (SSSR count). The maximum Gasteiger partial charge on any atom is 0.285 e. The first-order chi connectivity index (χ1) is 11.9. The summed E-state index contributed by atoms with van der Waals surface area (Å²) in [6.07, 6.45) is 0. The first kappa shape index (κ1) is 16.7. The lowest BCUT2D eigenvalue weighted by Gasteiger charge is -2.10. The van der Waals surface area contributed by atoms with Crippen LogP contribution < -0.4 is 5.56 Å². The standard InChI is InChI=1S/C19H19N5O/c1-12-9-13(2)24(21-12)17-7-5-16(6-8-17)11-23-19(25)18(10-20)14(3)15(4)22-23/h5-9H,11H2,1-4H3. The first-order valence-electron chi connectivity index (χ1n) is 8.01. The molecule has 0 unspecified atom stereocenters. The molecule has 2 aromatic heterocycles. The van der Waals surface area contributed by atoms with Gasteiger partial charge in [0.25, 0.3) is 5.56 Å². The van der Waals surface area contributed by atoms with E-state index < -0.39 is 0 Å². The van der Waals surface area contributed by atoms with E-state index in [0.29, 0.717) is 17.8 Å². The molecule has 25 heavy (non-hydrogen) atoms. The highest BCUT2D eigenvalue weighted by Gasteiger charge is 2.12. The van der Waals surface area contributed by atoms with Crippen LogP contribution in [0.2, 0.25) is 0 Å². The second kappa shape index (κ2) is 6.36. The Balaban J connectivity index is 1.93. The third-order valence-corrected chi connectivity index (χ3v) is 4.27. The maximum absolute atomic E-state index is 12.4. The molecule has 126 valence electrons. The molecular formula is C19H19N5O. The van der Waals surface area contributed by atoms with E-state index in [1.807, 2.05) is 54.9 Å². The quantitative estimate of drug-likeness (QED) is 0.738. The summed E-state index contributed by atoms with van der Waals surface area (Å²) in [5, 5.41) is 18.0. The number of aromatic nitrogens is 4. The van der Waals surface area contributed by atoms with Gasteiger partial charge in [0.15, 0.2) is 0 Å². The van der Waals surface area contributed by atoms with Gasteiger partial charge in [-0.1, -0.05) is 12.1 Å². The molecule has 2 heterocycles. The Morgan fingerprint density at radius 1 is 1.08 bits per heavy atom. The first-order valence-corrected chi connectivity index (χ1v) is 8.01. The fourth-order valence-electron chi connectivity index (χ4n) is 2.82. The Bertz CT molecular complexity index is 1040. The van der Waals surface area contributed by atoms with Gasteiger partial charge in [-0.25, -0.2) is 9.36 Å². The zero-order valence-electron chi connectivity index (χ0n) is 14.7. The van der Waals surface area contributed by atoms with Crippen LogP contribution in [0.15, 0.2) is 35.1 Å². The number of benzene rings is 1. The van der Waals surface area contributed by atoms with Crippen LogP contribution in [0.3, 0.4) is 0 Å². The number of aryl methyl sites for hydroxylation is 3. The Kier molecular flexibility index (Phi) is 4.24. The van der Waals surface area contributed by atoms with Gasteiger partial charge in [0.05, 0.1) is 23.6 Å². The minimum Gasteiger partial charge on any atom is -0.266 e. The van der Waals surface area contributed by atoms with E-state index in [-0.39, 0.29) is 11.1 Å². The van der Waals surface area contributed by atoms with Crippen LogP contribution in [0.25, 0.3) is 5.69 Å². The normalized spacial score (nSPS) is 10.7. The van der Waals surface area contributed by atoms with E-state index in [4.69, 9.17) is 0 Å². The van der Waals surface area contributed by atoms with Gasteiger partial charge in [-0.3, -0.25) is 4.79 Å². The highest BCUT2D eigenvalue weighted by Crippen LogP contribution is 2.14. The lowest BCUT2D eigenvalue weighted by atomic mass is 10.1. The molecule has 0 atom stereocenters. The average molecular weight is 333 g/mol. The molecule has 0 N–H and O–H groups in total. The zero-order chi connectivity index (χ0) is 18.1. The molecule has 0 radical (unpaired) electrons. The smallest absolute Gasteiger partial charge is 0.266 e. The molecule has 0 saturated heterocycles. The maximum atomic E-state index is 12.4. The van der Waals surface area contributed by atoms with Crippen molar-refractivity contribution in [3.63, 3.8) is 0 Å². The highest BCUT2D eigenvalue weighted by atomic mass is 16.1. The monoisotopic (exact) mass is 333 g/mol. The summed E-state index contributed by atoms with van der Waals surface area (Å²) in [4.78, 5) is 12.4. The minimum atomic E-state index is -0.353. The molecule has 3 aromatic rings. The van der Waals surface area contributed by atoms with E-state index in [2.05, 4.69) is 10.2 Å². The Labute approximate surface area is 146 Å². The van der Waals surface area contributed by atoms with Crippen molar-refractivity contribution in [3.05, 3.63) is 74.5 Å². The Morgan fingerprint density at radius 2 is 1.76 bits per heavy atom. The van der Waals surface area contributed by atoms with Crippen molar-refractivity contribution >= 4 is 0 Å².